The number of pyridine rings is 1. The molecule has 0 aliphatic carbocycles. The summed E-state index contributed by atoms with van der Waals surface area (Å²) in [5.74, 6) is 0.220. The van der Waals surface area contributed by atoms with Crippen LogP contribution in [0, 0.1) is 5.92 Å². The number of amides is 1. The zero-order chi connectivity index (χ0) is 13.0. The Morgan fingerprint density at radius 1 is 1.67 bits per heavy atom. The summed E-state index contributed by atoms with van der Waals surface area (Å²) in [7, 11) is 0. The highest BCUT2D eigenvalue weighted by Crippen LogP contribution is 2.22. The molecule has 4 nitrogen and oxygen atoms in total. The van der Waals surface area contributed by atoms with Gasteiger partial charge < -0.3 is 10.1 Å². The van der Waals surface area contributed by atoms with E-state index >= 15 is 0 Å². The van der Waals surface area contributed by atoms with E-state index < -0.39 is 0 Å². The van der Waals surface area contributed by atoms with Crippen LogP contribution in [-0.2, 0) is 4.74 Å². The molecule has 98 valence electrons. The van der Waals surface area contributed by atoms with Crippen LogP contribution in [0.15, 0.2) is 18.3 Å². The minimum absolute atomic E-state index is 0.181. The summed E-state index contributed by atoms with van der Waals surface area (Å²) < 4.78 is 5.58. The molecule has 1 fully saturated rings. The molecule has 1 aliphatic heterocycles. The average Bonchev–Trinajstić information content (AvgIpc) is 2.83. The van der Waals surface area contributed by atoms with Crippen LogP contribution in [0.2, 0.25) is 5.02 Å². The molecule has 18 heavy (non-hydrogen) atoms. The maximum Gasteiger partial charge on any atom is 0.269 e. The fourth-order valence-corrected chi connectivity index (χ4v) is 2.38. The molecule has 1 aliphatic rings. The maximum atomic E-state index is 11.9. The lowest BCUT2D eigenvalue weighted by Gasteiger charge is -2.17. The number of hydrogen-bond donors (Lipinski definition) is 1. The van der Waals surface area contributed by atoms with Gasteiger partial charge in [-0.15, -0.1) is 0 Å². The van der Waals surface area contributed by atoms with E-state index in [9.17, 15) is 4.79 Å². The third-order valence-corrected chi connectivity index (χ3v) is 3.46. The van der Waals surface area contributed by atoms with E-state index in [0.717, 1.165) is 19.4 Å². The lowest BCUT2D eigenvalue weighted by molar-refractivity contribution is 0.0825. The van der Waals surface area contributed by atoms with Crippen molar-refractivity contribution in [2.45, 2.75) is 25.9 Å². The van der Waals surface area contributed by atoms with E-state index in [4.69, 9.17) is 16.3 Å². The zero-order valence-electron chi connectivity index (χ0n) is 10.4. The Morgan fingerprint density at radius 3 is 3.22 bits per heavy atom. The Kier molecular flexibility index (Phi) is 4.55. The molecular weight excluding hydrogens is 252 g/mol. The van der Waals surface area contributed by atoms with Gasteiger partial charge in [0.05, 0.1) is 6.10 Å². The number of halogens is 1. The van der Waals surface area contributed by atoms with Gasteiger partial charge in [0, 0.05) is 30.3 Å². The Morgan fingerprint density at radius 2 is 2.50 bits per heavy atom. The summed E-state index contributed by atoms with van der Waals surface area (Å²) in [5.41, 5.74) is 0.356. The third kappa shape index (κ3) is 3.21. The van der Waals surface area contributed by atoms with Gasteiger partial charge in [-0.3, -0.25) is 9.78 Å². The normalized spacial score (nSPS) is 23.0. The number of carbonyl (C=O) groups excluding carboxylic acids is 1. The fraction of sp³-hybridized carbons (Fsp3) is 0.538. The standard InChI is InChI=1S/C13H17ClN2O2/c1-2-12-9(4-6-18-12)8-16-13(17)11-7-10(14)3-5-15-11/h3,5,7,9,12H,2,4,6,8H2,1H3,(H,16,17). The van der Waals surface area contributed by atoms with Crippen LogP contribution >= 0.6 is 11.6 Å². The first-order valence-electron chi connectivity index (χ1n) is 6.22. The summed E-state index contributed by atoms with van der Waals surface area (Å²) in [4.78, 5) is 15.9. The number of nitrogens with zero attached hydrogens (tertiary/aromatic N) is 1. The van der Waals surface area contributed by atoms with Crippen molar-refractivity contribution in [3.63, 3.8) is 0 Å². The Hall–Kier alpha value is -1.13. The van der Waals surface area contributed by atoms with E-state index in [-0.39, 0.29) is 12.0 Å². The molecule has 0 saturated carbocycles. The van der Waals surface area contributed by atoms with Gasteiger partial charge in [-0.2, -0.15) is 0 Å². The summed E-state index contributed by atoms with van der Waals surface area (Å²) in [6, 6.07) is 3.22. The Balaban J connectivity index is 1.88. The second-order valence-electron chi connectivity index (χ2n) is 4.44. The molecule has 0 aromatic carbocycles. The summed E-state index contributed by atoms with van der Waals surface area (Å²) in [5, 5.41) is 3.41. The molecule has 1 N–H and O–H groups in total. The lowest BCUT2D eigenvalue weighted by atomic mass is 10.00. The van der Waals surface area contributed by atoms with Crippen molar-refractivity contribution in [2.24, 2.45) is 5.92 Å². The topological polar surface area (TPSA) is 51.2 Å². The van der Waals surface area contributed by atoms with Crippen molar-refractivity contribution >= 4 is 17.5 Å². The molecule has 2 heterocycles. The fourth-order valence-electron chi connectivity index (χ4n) is 2.22. The van der Waals surface area contributed by atoms with Gasteiger partial charge in [-0.05, 0) is 25.0 Å². The summed E-state index contributed by atoms with van der Waals surface area (Å²) in [6.07, 6.45) is 3.78. The molecule has 1 aromatic rings. The molecule has 2 atom stereocenters. The van der Waals surface area contributed by atoms with Gasteiger partial charge >= 0.3 is 0 Å². The molecular formula is C13H17ClN2O2. The number of nitrogens with one attached hydrogen (secondary N) is 1. The molecule has 1 saturated heterocycles. The minimum Gasteiger partial charge on any atom is -0.378 e. The average molecular weight is 269 g/mol. The number of ether oxygens (including phenoxy) is 1. The molecule has 1 amide bonds. The summed E-state index contributed by atoms with van der Waals surface area (Å²) >= 11 is 5.82. The van der Waals surface area contributed by atoms with Crippen molar-refractivity contribution in [3.8, 4) is 0 Å². The number of hydrogen-bond acceptors (Lipinski definition) is 3. The second-order valence-corrected chi connectivity index (χ2v) is 4.87. The van der Waals surface area contributed by atoms with Gasteiger partial charge in [0.25, 0.3) is 5.91 Å². The number of rotatable bonds is 4. The lowest BCUT2D eigenvalue weighted by Crippen LogP contribution is -2.33. The SMILES string of the molecule is CCC1OCCC1CNC(=O)c1cc(Cl)ccn1. The van der Waals surface area contributed by atoms with Gasteiger partial charge in [-0.1, -0.05) is 18.5 Å². The van der Waals surface area contributed by atoms with Crippen molar-refractivity contribution in [3.05, 3.63) is 29.0 Å². The Labute approximate surface area is 112 Å². The van der Waals surface area contributed by atoms with E-state index in [2.05, 4.69) is 17.2 Å². The zero-order valence-corrected chi connectivity index (χ0v) is 11.1. The smallest absolute Gasteiger partial charge is 0.269 e. The van der Waals surface area contributed by atoms with Crippen molar-refractivity contribution in [2.75, 3.05) is 13.2 Å². The number of aromatic nitrogens is 1. The van der Waals surface area contributed by atoms with Crippen molar-refractivity contribution in [1.29, 1.82) is 0 Å². The van der Waals surface area contributed by atoms with Crippen LogP contribution in [0.4, 0.5) is 0 Å². The second kappa shape index (κ2) is 6.16. The van der Waals surface area contributed by atoms with E-state index in [1.54, 1.807) is 12.1 Å². The molecule has 0 radical (unpaired) electrons. The predicted molar refractivity (Wildman–Crippen MR) is 69.7 cm³/mol. The largest absolute Gasteiger partial charge is 0.378 e. The van der Waals surface area contributed by atoms with Gasteiger partial charge in [0.1, 0.15) is 5.69 Å². The van der Waals surface area contributed by atoms with E-state index in [1.807, 2.05) is 0 Å². The Bertz CT molecular complexity index is 425. The van der Waals surface area contributed by atoms with E-state index in [1.165, 1.54) is 6.20 Å². The monoisotopic (exact) mass is 268 g/mol. The first-order chi connectivity index (χ1) is 8.70. The molecule has 1 aromatic heterocycles. The molecule has 5 heteroatoms. The van der Waals surface area contributed by atoms with Crippen LogP contribution in [0.1, 0.15) is 30.3 Å². The highest BCUT2D eigenvalue weighted by Gasteiger charge is 2.27. The van der Waals surface area contributed by atoms with Crippen LogP contribution in [0.3, 0.4) is 0 Å². The molecule has 2 unspecified atom stereocenters. The summed E-state index contributed by atoms with van der Waals surface area (Å²) in [6.45, 7) is 3.52. The van der Waals surface area contributed by atoms with Crippen molar-refractivity contribution < 1.29 is 9.53 Å². The van der Waals surface area contributed by atoms with Crippen LogP contribution in [-0.4, -0.2) is 30.1 Å². The minimum atomic E-state index is -0.181. The van der Waals surface area contributed by atoms with Gasteiger partial charge in [0.15, 0.2) is 0 Å². The highest BCUT2D eigenvalue weighted by atomic mass is 35.5. The van der Waals surface area contributed by atoms with Gasteiger partial charge in [0.2, 0.25) is 0 Å². The van der Waals surface area contributed by atoms with Crippen LogP contribution < -0.4 is 5.32 Å². The molecule has 0 spiro atoms. The van der Waals surface area contributed by atoms with Crippen LogP contribution in [0.5, 0.6) is 0 Å². The third-order valence-electron chi connectivity index (χ3n) is 3.23. The van der Waals surface area contributed by atoms with E-state index in [0.29, 0.717) is 23.2 Å². The maximum absolute atomic E-state index is 11.9. The quantitative estimate of drug-likeness (QED) is 0.911. The van der Waals surface area contributed by atoms with Gasteiger partial charge in [-0.25, -0.2) is 0 Å². The molecule has 2 rings (SSSR count). The van der Waals surface area contributed by atoms with Crippen molar-refractivity contribution in [1.82, 2.24) is 10.3 Å². The predicted octanol–water partition coefficient (Wildman–Crippen LogP) is 2.28. The van der Waals surface area contributed by atoms with Crippen LogP contribution in [0.25, 0.3) is 0 Å². The first kappa shape index (κ1) is 13.3. The molecule has 0 bridgehead atoms. The highest BCUT2D eigenvalue weighted by molar-refractivity contribution is 6.30. The number of carbonyl (C=O) groups is 1. The first-order valence-corrected chi connectivity index (χ1v) is 6.60.